The van der Waals surface area contributed by atoms with Crippen molar-refractivity contribution in [1.29, 1.82) is 0 Å². The van der Waals surface area contributed by atoms with Crippen molar-refractivity contribution in [2.24, 2.45) is 0 Å². The second kappa shape index (κ2) is 8.40. The van der Waals surface area contributed by atoms with E-state index in [1.165, 1.54) is 16.7 Å². The molecule has 1 N–H and O–H groups in total. The van der Waals surface area contributed by atoms with E-state index in [4.69, 9.17) is 4.74 Å². The summed E-state index contributed by atoms with van der Waals surface area (Å²) in [5, 5.41) is 3.43. The van der Waals surface area contributed by atoms with Crippen molar-refractivity contribution in [1.82, 2.24) is 10.2 Å². The topological polar surface area (TPSA) is 24.5 Å². The van der Waals surface area contributed by atoms with E-state index in [-0.39, 0.29) is 0 Å². The molecule has 1 aromatic carbocycles. The predicted molar refractivity (Wildman–Crippen MR) is 86.3 cm³/mol. The predicted octanol–water partition coefficient (Wildman–Crippen LogP) is 2.92. The van der Waals surface area contributed by atoms with Gasteiger partial charge in [0.1, 0.15) is 0 Å². The van der Waals surface area contributed by atoms with Crippen LogP contribution in [-0.4, -0.2) is 44.8 Å². The van der Waals surface area contributed by atoms with Crippen LogP contribution in [0, 0.1) is 13.8 Å². The zero-order valence-corrected chi connectivity index (χ0v) is 13.9. The van der Waals surface area contributed by atoms with Crippen LogP contribution in [0.2, 0.25) is 0 Å². The molecule has 3 nitrogen and oxygen atoms in total. The third-order valence-electron chi connectivity index (χ3n) is 3.58. The molecule has 0 saturated heterocycles. The van der Waals surface area contributed by atoms with E-state index in [0.717, 1.165) is 19.7 Å². The van der Waals surface area contributed by atoms with Crippen molar-refractivity contribution in [2.45, 2.75) is 39.8 Å². The Balaban J connectivity index is 2.60. The molecule has 114 valence electrons. The maximum absolute atomic E-state index is 5.61. The van der Waals surface area contributed by atoms with Crippen LogP contribution in [0.1, 0.15) is 36.6 Å². The second-order valence-electron chi connectivity index (χ2n) is 5.88. The quantitative estimate of drug-likeness (QED) is 0.791. The van der Waals surface area contributed by atoms with Gasteiger partial charge in [-0.05, 0) is 52.9 Å². The summed E-state index contributed by atoms with van der Waals surface area (Å²) in [6.45, 7) is 11.2. The summed E-state index contributed by atoms with van der Waals surface area (Å²) < 4.78 is 5.61. The average Bonchev–Trinajstić information content (AvgIpc) is 2.38. The first kappa shape index (κ1) is 17.2. The van der Waals surface area contributed by atoms with Gasteiger partial charge in [-0.1, -0.05) is 23.8 Å². The van der Waals surface area contributed by atoms with E-state index in [1.807, 2.05) is 7.05 Å². The highest BCUT2D eigenvalue weighted by Gasteiger charge is 2.14. The molecule has 3 heteroatoms. The van der Waals surface area contributed by atoms with Crippen molar-refractivity contribution in [2.75, 3.05) is 33.8 Å². The van der Waals surface area contributed by atoms with Crippen LogP contribution in [0.4, 0.5) is 0 Å². The Hall–Kier alpha value is -0.900. The van der Waals surface area contributed by atoms with Crippen LogP contribution < -0.4 is 5.32 Å². The lowest BCUT2D eigenvalue weighted by Gasteiger charge is -2.26. The number of benzene rings is 1. The summed E-state index contributed by atoms with van der Waals surface area (Å²) in [6.07, 6.45) is 0.308. The number of likely N-dealkylation sites (N-methyl/N-ethyl adjacent to an activating group) is 2. The number of aryl methyl sites for hydroxylation is 2. The molecule has 0 bridgehead atoms. The number of hydrogen-bond acceptors (Lipinski definition) is 3. The molecule has 0 radical (unpaired) electrons. The smallest absolute Gasteiger partial charge is 0.0596 e. The Morgan fingerprint density at radius 3 is 2.55 bits per heavy atom. The number of nitrogens with one attached hydrogen (secondary N) is 1. The normalized spacial score (nSPS) is 13.2. The van der Waals surface area contributed by atoms with Gasteiger partial charge in [-0.25, -0.2) is 0 Å². The summed E-state index contributed by atoms with van der Waals surface area (Å²) in [6, 6.07) is 7.02. The van der Waals surface area contributed by atoms with Crippen LogP contribution in [-0.2, 0) is 4.74 Å². The van der Waals surface area contributed by atoms with Crippen LogP contribution in [0.15, 0.2) is 18.2 Å². The van der Waals surface area contributed by atoms with Gasteiger partial charge in [0.2, 0.25) is 0 Å². The number of ether oxygens (including phenoxy) is 1. The fourth-order valence-electron chi connectivity index (χ4n) is 2.33. The van der Waals surface area contributed by atoms with Gasteiger partial charge in [-0.15, -0.1) is 0 Å². The van der Waals surface area contributed by atoms with E-state index >= 15 is 0 Å². The van der Waals surface area contributed by atoms with Gasteiger partial charge in [0.05, 0.1) is 12.7 Å². The minimum Gasteiger partial charge on any atom is -0.377 e. The fourth-order valence-corrected chi connectivity index (χ4v) is 2.33. The molecule has 1 rings (SSSR count). The molecule has 1 aromatic rings. The third kappa shape index (κ3) is 5.61. The van der Waals surface area contributed by atoms with E-state index in [0.29, 0.717) is 12.1 Å². The highest BCUT2D eigenvalue weighted by Crippen LogP contribution is 2.19. The van der Waals surface area contributed by atoms with E-state index < -0.39 is 0 Å². The summed E-state index contributed by atoms with van der Waals surface area (Å²) in [5.74, 6) is 0. The molecule has 1 unspecified atom stereocenters. The van der Waals surface area contributed by atoms with Gasteiger partial charge in [0.25, 0.3) is 0 Å². The Morgan fingerprint density at radius 2 is 1.95 bits per heavy atom. The second-order valence-corrected chi connectivity index (χ2v) is 5.88. The lowest BCUT2D eigenvalue weighted by atomic mass is 9.98. The average molecular weight is 278 g/mol. The van der Waals surface area contributed by atoms with Gasteiger partial charge in [-0.3, -0.25) is 0 Å². The van der Waals surface area contributed by atoms with Crippen molar-refractivity contribution in [3.63, 3.8) is 0 Å². The Bertz CT molecular complexity index is 404. The van der Waals surface area contributed by atoms with E-state index in [9.17, 15) is 0 Å². The highest BCUT2D eigenvalue weighted by atomic mass is 16.5. The van der Waals surface area contributed by atoms with Crippen molar-refractivity contribution in [3.8, 4) is 0 Å². The lowest BCUT2D eigenvalue weighted by Crippen LogP contribution is -2.34. The molecule has 0 aromatic heterocycles. The summed E-state index contributed by atoms with van der Waals surface area (Å²) in [5.41, 5.74) is 4.06. The molecule has 1 atom stereocenters. The molecule has 0 aliphatic heterocycles. The Morgan fingerprint density at radius 1 is 1.25 bits per heavy atom. The van der Waals surface area contributed by atoms with Crippen LogP contribution in [0.3, 0.4) is 0 Å². The SMILES string of the molecule is CNC(CN(C)CCOC(C)C)c1cc(C)ccc1C. The van der Waals surface area contributed by atoms with Crippen molar-refractivity contribution < 1.29 is 4.74 Å². The number of nitrogens with zero attached hydrogens (tertiary/aromatic N) is 1. The molecular formula is C17H30N2O. The molecule has 0 heterocycles. The van der Waals surface area contributed by atoms with Crippen molar-refractivity contribution in [3.05, 3.63) is 34.9 Å². The fraction of sp³-hybridized carbons (Fsp3) is 0.647. The molecule has 20 heavy (non-hydrogen) atoms. The first-order valence-corrected chi connectivity index (χ1v) is 7.48. The first-order chi connectivity index (χ1) is 9.43. The highest BCUT2D eigenvalue weighted by molar-refractivity contribution is 5.33. The van der Waals surface area contributed by atoms with Crippen molar-refractivity contribution >= 4 is 0 Å². The van der Waals surface area contributed by atoms with Crippen LogP contribution in [0.5, 0.6) is 0 Å². The lowest BCUT2D eigenvalue weighted by molar-refractivity contribution is 0.0624. The molecule has 0 aliphatic rings. The molecule has 0 spiro atoms. The minimum atomic E-state index is 0.308. The van der Waals surface area contributed by atoms with E-state index in [2.05, 4.69) is 63.2 Å². The van der Waals surface area contributed by atoms with Gasteiger partial charge in [0, 0.05) is 19.1 Å². The van der Waals surface area contributed by atoms with E-state index in [1.54, 1.807) is 0 Å². The van der Waals surface area contributed by atoms with Gasteiger partial charge < -0.3 is 15.0 Å². The molecule has 0 aliphatic carbocycles. The first-order valence-electron chi connectivity index (χ1n) is 7.48. The summed E-state index contributed by atoms with van der Waals surface area (Å²) >= 11 is 0. The Labute approximate surface area is 124 Å². The standard InChI is InChI=1S/C17H30N2O/c1-13(2)20-10-9-19(6)12-17(18-5)16-11-14(3)7-8-15(16)4/h7-8,11,13,17-18H,9-10,12H2,1-6H3. The number of hydrogen-bond donors (Lipinski definition) is 1. The van der Waals surface area contributed by atoms with Gasteiger partial charge in [-0.2, -0.15) is 0 Å². The molecular weight excluding hydrogens is 248 g/mol. The van der Waals surface area contributed by atoms with Gasteiger partial charge in [0.15, 0.2) is 0 Å². The monoisotopic (exact) mass is 278 g/mol. The van der Waals surface area contributed by atoms with Gasteiger partial charge >= 0.3 is 0 Å². The van der Waals surface area contributed by atoms with Crippen LogP contribution >= 0.6 is 0 Å². The maximum atomic E-state index is 5.61. The summed E-state index contributed by atoms with van der Waals surface area (Å²) in [7, 11) is 4.18. The zero-order valence-electron chi connectivity index (χ0n) is 13.9. The largest absolute Gasteiger partial charge is 0.377 e. The third-order valence-corrected chi connectivity index (χ3v) is 3.58. The molecule has 0 saturated carbocycles. The Kier molecular flexibility index (Phi) is 7.20. The number of rotatable bonds is 8. The summed E-state index contributed by atoms with van der Waals surface area (Å²) in [4.78, 5) is 2.32. The molecule has 0 fully saturated rings. The maximum Gasteiger partial charge on any atom is 0.0596 e. The minimum absolute atomic E-state index is 0.308. The van der Waals surface area contributed by atoms with Crippen LogP contribution in [0.25, 0.3) is 0 Å². The molecule has 0 amide bonds. The zero-order chi connectivity index (χ0) is 15.1.